The molecule has 3 rings (SSSR count). The maximum atomic E-state index is 11.1. The van der Waals surface area contributed by atoms with Gasteiger partial charge in [0.1, 0.15) is 5.82 Å². The van der Waals surface area contributed by atoms with Crippen molar-refractivity contribution < 1.29 is 19.0 Å². The number of benzene rings is 1. The van der Waals surface area contributed by atoms with Crippen LogP contribution in [0.15, 0.2) is 18.2 Å². The van der Waals surface area contributed by atoms with Crippen LogP contribution in [0.5, 0.6) is 11.5 Å². The Hall–Kier alpha value is -2.78. The van der Waals surface area contributed by atoms with Gasteiger partial charge in [0.25, 0.3) is 5.91 Å². The van der Waals surface area contributed by atoms with E-state index in [9.17, 15) is 4.79 Å². The summed E-state index contributed by atoms with van der Waals surface area (Å²) >= 11 is 6.63. The van der Waals surface area contributed by atoms with E-state index in [1.54, 1.807) is 6.07 Å². The highest BCUT2D eigenvalue weighted by Gasteiger charge is 2.28. The van der Waals surface area contributed by atoms with E-state index < -0.39 is 5.91 Å². The van der Waals surface area contributed by atoms with Gasteiger partial charge in [0.2, 0.25) is 5.95 Å². The lowest BCUT2D eigenvalue weighted by atomic mass is 10.0. The Labute approximate surface area is 180 Å². The zero-order valence-corrected chi connectivity index (χ0v) is 17.8. The van der Waals surface area contributed by atoms with Crippen LogP contribution < -0.4 is 25.8 Å². The Morgan fingerprint density at radius 2 is 2.07 bits per heavy atom. The van der Waals surface area contributed by atoms with Crippen molar-refractivity contribution in [3.63, 3.8) is 0 Å². The van der Waals surface area contributed by atoms with Gasteiger partial charge < -0.3 is 30.6 Å². The first-order chi connectivity index (χ1) is 14.4. The molecule has 1 fully saturated rings. The van der Waals surface area contributed by atoms with Gasteiger partial charge in [-0.1, -0.05) is 11.6 Å². The van der Waals surface area contributed by atoms with Gasteiger partial charge in [-0.3, -0.25) is 4.79 Å². The summed E-state index contributed by atoms with van der Waals surface area (Å²) in [6, 6.07) is 5.11. The molecule has 9 nitrogen and oxygen atoms in total. The third kappa shape index (κ3) is 5.22. The van der Waals surface area contributed by atoms with Gasteiger partial charge in [0.05, 0.1) is 19.3 Å². The molecule has 10 heteroatoms. The first kappa shape index (κ1) is 21.9. The van der Waals surface area contributed by atoms with Crippen LogP contribution in [-0.4, -0.2) is 48.8 Å². The molecule has 1 aromatic carbocycles. The molecule has 4 N–H and O–H groups in total. The van der Waals surface area contributed by atoms with Crippen LogP contribution in [0.4, 0.5) is 11.8 Å². The Morgan fingerprint density at radius 1 is 1.30 bits per heavy atom. The van der Waals surface area contributed by atoms with E-state index in [0.717, 1.165) is 17.7 Å². The van der Waals surface area contributed by atoms with Gasteiger partial charge in [-0.15, -0.1) is 0 Å². The van der Waals surface area contributed by atoms with Crippen molar-refractivity contribution in [3.05, 3.63) is 34.5 Å². The lowest BCUT2D eigenvalue weighted by Gasteiger charge is -2.32. The predicted octanol–water partition coefficient (Wildman–Crippen LogP) is 2.25. The predicted molar refractivity (Wildman–Crippen MR) is 114 cm³/mol. The average molecular weight is 436 g/mol. The normalized spacial score (nSPS) is 16.8. The standard InChI is InChI=1S/C20H26ClN5O4/c1-3-29-16-8-13(14(21)9-17(16)30-11-18(22)27)15-10-28-6-4-5-26(15)19-7-12(2)24-20(23)25-19/h7-9,15H,3-6,10-11H2,1-2H3,(H2,22,27)(H2,23,24,25). The van der Waals surface area contributed by atoms with Crippen molar-refractivity contribution >= 4 is 29.3 Å². The van der Waals surface area contributed by atoms with Crippen LogP contribution in [0, 0.1) is 6.92 Å². The maximum absolute atomic E-state index is 11.1. The van der Waals surface area contributed by atoms with E-state index >= 15 is 0 Å². The Bertz CT molecular complexity index is 891. The molecule has 1 atom stereocenters. The van der Waals surface area contributed by atoms with E-state index in [0.29, 0.717) is 48.7 Å². The minimum Gasteiger partial charge on any atom is -0.490 e. The number of aryl methyl sites for hydroxylation is 1. The third-order valence-corrected chi connectivity index (χ3v) is 4.91. The molecule has 1 aromatic heterocycles. The topological polar surface area (TPSA) is 126 Å². The summed E-state index contributed by atoms with van der Waals surface area (Å²) in [6.45, 7) is 5.63. The van der Waals surface area contributed by atoms with Crippen molar-refractivity contribution in [2.75, 3.05) is 43.6 Å². The first-order valence-electron chi connectivity index (χ1n) is 9.72. The number of nitrogen functional groups attached to an aromatic ring is 1. The summed E-state index contributed by atoms with van der Waals surface area (Å²) in [6.07, 6.45) is 0.829. The van der Waals surface area contributed by atoms with Crippen LogP contribution in [0.3, 0.4) is 0 Å². The molecule has 0 spiro atoms. The zero-order chi connectivity index (χ0) is 21.7. The van der Waals surface area contributed by atoms with Gasteiger partial charge in [-0.05, 0) is 31.9 Å². The fourth-order valence-electron chi connectivity index (χ4n) is 3.37. The molecule has 1 aliphatic rings. The number of ether oxygens (including phenoxy) is 3. The number of primary amides is 1. The summed E-state index contributed by atoms with van der Waals surface area (Å²) < 4.78 is 17.0. The number of amides is 1. The minimum absolute atomic E-state index is 0.213. The maximum Gasteiger partial charge on any atom is 0.255 e. The van der Waals surface area contributed by atoms with Gasteiger partial charge in [-0.25, -0.2) is 4.98 Å². The molecule has 2 heterocycles. The molecular formula is C20H26ClN5O4. The second kappa shape index (κ2) is 9.82. The molecule has 0 radical (unpaired) electrons. The highest BCUT2D eigenvalue weighted by molar-refractivity contribution is 6.31. The number of hydrogen-bond acceptors (Lipinski definition) is 8. The SMILES string of the molecule is CCOc1cc(C2COCCCN2c2cc(C)nc(N)n2)c(Cl)cc1OCC(N)=O. The number of rotatable bonds is 7. The van der Waals surface area contributed by atoms with Crippen molar-refractivity contribution in [2.45, 2.75) is 26.3 Å². The Kier molecular flexibility index (Phi) is 7.17. The molecule has 162 valence electrons. The van der Waals surface area contributed by atoms with E-state index in [1.807, 2.05) is 26.0 Å². The second-order valence-electron chi connectivity index (χ2n) is 6.87. The summed E-state index contributed by atoms with van der Waals surface area (Å²) in [4.78, 5) is 21.8. The third-order valence-electron chi connectivity index (χ3n) is 4.58. The number of carbonyl (C=O) groups is 1. The highest BCUT2D eigenvalue weighted by atomic mass is 35.5. The molecule has 1 aliphatic heterocycles. The van der Waals surface area contributed by atoms with Crippen LogP contribution in [0.1, 0.15) is 30.6 Å². The number of hydrogen-bond donors (Lipinski definition) is 2. The lowest BCUT2D eigenvalue weighted by molar-refractivity contribution is -0.119. The van der Waals surface area contributed by atoms with Gasteiger partial charge >= 0.3 is 0 Å². The molecule has 1 amide bonds. The van der Waals surface area contributed by atoms with Crippen molar-refractivity contribution in [1.29, 1.82) is 0 Å². The molecule has 30 heavy (non-hydrogen) atoms. The number of anilines is 2. The Balaban J connectivity index is 2.02. The summed E-state index contributed by atoms with van der Waals surface area (Å²) in [5.74, 6) is 1.16. The number of halogens is 1. The number of nitrogens with two attached hydrogens (primary N) is 2. The van der Waals surface area contributed by atoms with Crippen LogP contribution >= 0.6 is 11.6 Å². The minimum atomic E-state index is -0.585. The molecule has 1 unspecified atom stereocenters. The molecule has 0 aliphatic carbocycles. The molecule has 2 aromatic rings. The molecule has 0 bridgehead atoms. The van der Waals surface area contributed by atoms with Crippen molar-refractivity contribution in [3.8, 4) is 11.5 Å². The fraction of sp³-hybridized carbons (Fsp3) is 0.450. The van der Waals surface area contributed by atoms with E-state index in [-0.39, 0.29) is 18.6 Å². The van der Waals surface area contributed by atoms with Gasteiger partial charge in [-0.2, -0.15) is 4.98 Å². The Morgan fingerprint density at radius 3 is 2.77 bits per heavy atom. The number of aromatic nitrogens is 2. The van der Waals surface area contributed by atoms with Crippen molar-refractivity contribution in [2.24, 2.45) is 5.73 Å². The van der Waals surface area contributed by atoms with E-state index in [4.69, 9.17) is 37.3 Å². The zero-order valence-electron chi connectivity index (χ0n) is 17.1. The monoisotopic (exact) mass is 435 g/mol. The van der Waals surface area contributed by atoms with Crippen LogP contribution in [-0.2, 0) is 9.53 Å². The summed E-state index contributed by atoms with van der Waals surface area (Å²) in [5.41, 5.74) is 12.6. The molecule has 1 saturated heterocycles. The highest BCUT2D eigenvalue weighted by Crippen LogP contribution is 2.40. The average Bonchev–Trinajstić information content (AvgIpc) is 2.93. The molecular weight excluding hydrogens is 410 g/mol. The largest absolute Gasteiger partial charge is 0.490 e. The number of nitrogens with zero attached hydrogens (tertiary/aromatic N) is 3. The summed E-state index contributed by atoms with van der Waals surface area (Å²) in [7, 11) is 0. The van der Waals surface area contributed by atoms with Crippen LogP contribution in [0.25, 0.3) is 0 Å². The first-order valence-corrected chi connectivity index (χ1v) is 10.1. The quantitative estimate of drug-likeness (QED) is 0.678. The van der Waals surface area contributed by atoms with E-state index in [1.165, 1.54) is 0 Å². The van der Waals surface area contributed by atoms with E-state index in [2.05, 4.69) is 14.9 Å². The van der Waals surface area contributed by atoms with Crippen LogP contribution in [0.2, 0.25) is 5.02 Å². The van der Waals surface area contributed by atoms with Gasteiger partial charge in [0.15, 0.2) is 18.1 Å². The smallest absolute Gasteiger partial charge is 0.255 e. The summed E-state index contributed by atoms with van der Waals surface area (Å²) in [5, 5.41) is 0.456. The van der Waals surface area contributed by atoms with Crippen molar-refractivity contribution in [1.82, 2.24) is 9.97 Å². The lowest BCUT2D eigenvalue weighted by Crippen LogP contribution is -2.32. The fourth-order valence-corrected chi connectivity index (χ4v) is 3.65. The number of carbonyl (C=O) groups excluding carboxylic acids is 1. The second-order valence-corrected chi connectivity index (χ2v) is 7.28. The van der Waals surface area contributed by atoms with Gasteiger partial charge in [0, 0.05) is 36.0 Å². The molecule has 0 saturated carbocycles.